The normalized spacial score (nSPS) is 15.2. The van der Waals surface area contributed by atoms with E-state index in [1.54, 1.807) is 6.07 Å². The zero-order valence-electron chi connectivity index (χ0n) is 20.3. The van der Waals surface area contributed by atoms with Gasteiger partial charge in [0.15, 0.2) is 0 Å². The van der Waals surface area contributed by atoms with Crippen LogP contribution in [0.1, 0.15) is 11.1 Å². The number of hydrogen-bond acceptors (Lipinski definition) is 6. The molecule has 0 unspecified atom stereocenters. The topological polar surface area (TPSA) is 89.2 Å². The predicted molar refractivity (Wildman–Crippen MR) is 141 cm³/mol. The lowest BCUT2D eigenvalue weighted by atomic mass is 10.1. The molecule has 3 rings (SSSR count). The maximum Gasteiger partial charge on any atom is 0.238 e. The molecule has 1 aliphatic rings. The van der Waals surface area contributed by atoms with E-state index in [1.807, 2.05) is 43.4 Å². The van der Waals surface area contributed by atoms with E-state index in [1.165, 1.54) is 0 Å². The lowest BCUT2D eigenvalue weighted by molar-refractivity contribution is -0.117. The van der Waals surface area contributed by atoms with Gasteiger partial charge in [-0.15, -0.1) is 6.42 Å². The number of amides is 1. The summed E-state index contributed by atoms with van der Waals surface area (Å²) in [5.74, 6) is 2.90. The molecule has 1 fully saturated rings. The number of nitrogens with one attached hydrogen (secondary N) is 2. The van der Waals surface area contributed by atoms with Crippen molar-refractivity contribution in [1.29, 1.82) is 0 Å². The van der Waals surface area contributed by atoms with Crippen LogP contribution in [0.25, 0.3) is 0 Å². The highest BCUT2D eigenvalue weighted by molar-refractivity contribution is 6.05. The van der Waals surface area contributed by atoms with Gasteiger partial charge in [0.1, 0.15) is 5.84 Å². The molecule has 1 saturated heterocycles. The molecule has 180 valence electrons. The zero-order chi connectivity index (χ0) is 24.5. The minimum absolute atomic E-state index is 0.0397. The van der Waals surface area contributed by atoms with Crippen LogP contribution in [-0.2, 0) is 4.79 Å². The van der Waals surface area contributed by atoms with Crippen molar-refractivity contribution in [2.24, 2.45) is 10.7 Å². The van der Waals surface area contributed by atoms with Crippen molar-refractivity contribution in [2.45, 2.75) is 0 Å². The minimum Gasteiger partial charge on any atom is -0.388 e. The number of piperazine rings is 1. The first-order valence-electron chi connectivity index (χ1n) is 11.5. The lowest BCUT2D eigenvalue weighted by Gasteiger charge is -2.34. The van der Waals surface area contributed by atoms with Crippen molar-refractivity contribution in [3.05, 3.63) is 53.6 Å². The van der Waals surface area contributed by atoms with Crippen molar-refractivity contribution < 1.29 is 4.79 Å². The third-order valence-electron chi connectivity index (χ3n) is 5.81. The molecule has 8 nitrogen and oxygen atoms in total. The first kappa shape index (κ1) is 25.2. The van der Waals surface area contributed by atoms with Crippen LogP contribution in [0.4, 0.5) is 17.1 Å². The summed E-state index contributed by atoms with van der Waals surface area (Å²) in [6.45, 7) is 6.22. The number of likely N-dealkylation sites (N-methyl/N-ethyl adjacent to an activating group) is 1. The van der Waals surface area contributed by atoms with Gasteiger partial charge in [-0.1, -0.05) is 12.0 Å². The van der Waals surface area contributed by atoms with Gasteiger partial charge >= 0.3 is 0 Å². The van der Waals surface area contributed by atoms with Crippen LogP contribution < -0.4 is 16.4 Å². The summed E-state index contributed by atoms with van der Waals surface area (Å²) in [4.78, 5) is 24.1. The molecule has 1 amide bonds. The van der Waals surface area contributed by atoms with Crippen LogP contribution in [0.15, 0.2) is 47.5 Å². The van der Waals surface area contributed by atoms with Crippen LogP contribution in [0, 0.1) is 12.3 Å². The fraction of sp³-hybridized carbons (Fsp3) is 0.385. The quantitative estimate of drug-likeness (QED) is 0.300. The fourth-order valence-electron chi connectivity index (χ4n) is 3.83. The molecule has 8 heteroatoms. The number of terminal acetylenes is 1. The Morgan fingerprint density at radius 1 is 1.15 bits per heavy atom. The van der Waals surface area contributed by atoms with Gasteiger partial charge in [0.05, 0.1) is 12.2 Å². The van der Waals surface area contributed by atoms with Gasteiger partial charge in [0, 0.05) is 68.8 Å². The standard InChI is InChI=1S/C26H35N7O/c1-5-20-7-6-8-21(17-20)30-26(27)23-18-22(9-10-24(23)28-2)29-25(34)19-33-15-13-32(14-16-33)12-11-31(3)4/h1,6-10,17-18,28H,11-16,19H2,2-4H3,(H2,27,30)(H,29,34). The van der Waals surface area contributed by atoms with Gasteiger partial charge in [-0.25, -0.2) is 4.99 Å². The van der Waals surface area contributed by atoms with Crippen molar-refractivity contribution in [1.82, 2.24) is 14.7 Å². The van der Waals surface area contributed by atoms with Gasteiger partial charge in [-0.3, -0.25) is 14.6 Å². The van der Waals surface area contributed by atoms with E-state index < -0.39 is 0 Å². The molecule has 1 aliphatic heterocycles. The number of nitrogens with two attached hydrogens (primary N) is 1. The predicted octanol–water partition coefficient (Wildman–Crippen LogP) is 1.86. The number of rotatable bonds is 9. The Balaban J connectivity index is 1.62. The molecule has 0 spiro atoms. The Morgan fingerprint density at radius 2 is 1.88 bits per heavy atom. The smallest absolute Gasteiger partial charge is 0.238 e. The van der Waals surface area contributed by atoms with E-state index in [2.05, 4.69) is 50.3 Å². The maximum atomic E-state index is 12.7. The van der Waals surface area contributed by atoms with Gasteiger partial charge < -0.3 is 21.3 Å². The van der Waals surface area contributed by atoms with E-state index in [9.17, 15) is 4.79 Å². The zero-order valence-corrected chi connectivity index (χ0v) is 20.3. The number of benzene rings is 2. The Labute approximate surface area is 202 Å². The number of nitrogens with zero attached hydrogens (tertiary/aromatic N) is 4. The molecular formula is C26H35N7O. The van der Waals surface area contributed by atoms with E-state index in [0.29, 0.717) is 29.3 Å². The number of anilines is 2. The second-order valence-electron chi connectivity index (χ2n) is 8.67. The summed E-state index contributed by atoms with van der Waals surface area (Å²) in [5.41, 5.74) is 9.95. The molecule has 4 N–H and O–H groups in total. The molecule has 0 bridgehead atoms. The average Bonchev–Trinajstić information content (AvgIpc) is 2.83. The molecule has 0 atom stereocenters. The molecule has 1 heterocycles. The SMILES string of the molecule is C#Cc1cccc(N=C(N)c2cc(NC(=O)CN3CCN(CCN(C)C)CC3)ccc2NC)c1. The number of hydrogen-bond donors (Lipinski definition) is 3. The van der Waals surface area contributed by atoms with Crippen LogP contribution in [0.2, 0.25) is 0 Å². The Hall–Kier alpha value is -3.38. The number of aliphatic imine (C=N–C) groups is 1. The molecule has 34 heavy (non-hydrogen) atoms. The van der Waals surface area contributed by atoms with Gasteiger partial charge in [-0.05, 0) is 50.5 Å². The summed E-state index contributed by atoms with van der Waals surface area (Å²) in [6, 6.07) is 12.9. The first-order valence-corrected chi connectivity index (χ1v) is 11.5. The number of carbonyl (C=O) groups is 1. The van der Waals surface area contributed by atoms with Gasteiger partial charge in [0.25, 0.3) is 0 Å². The summed E-state index contributed by atoms with van der Waals surface area (Å²) < 4.78 is 0. The third-order valence-corrected chi connectivity index (χ3v) is 5.81. The maximum absolute atomic E-state index is 12.7. The van der Waals surface area contributed by atoms with Gasteiger partial charge in [0.2, 0.25) is 5.91 Å². The second-order valence-corrected chi connectivity index (χ2v) is 8.67. The first-order chi connectivity index (χ1) is 16.4. The molecule has 0 aliphatic carbocycles. The van der Waals surface area contributed by atoms with E-state index in [4.69, 9.17) is 12.2 Å². The second kappa shape index (κ2) is 12.2. The third kappa shape index (κ3) is 7.32. The molecule has 2 aromatic carbocycles. The molecule has 0 radical (unpaired) electrons. The van der Waals surface area contributed by atoms with Crippen molar-refractivity contribution >= 4 is 28.8 Å². The van der Waals surface area contributed by atoms with Crippen molar-refractivity contribution in [3.8, 4) is 12.3 Å². The summed E-state index contributed by atoms with van der Waals surface area (Å²) in [6.07, 6.45) is 5.48. The minimum atomic E-state index is -0.0397. The summed E-state index contributed by atoms with van der Waals surface area (Å²) >= 11 is 0. The number of amidine groups is 1. The summed E-state index contributed by atoms with van der Waals surface area (Å²) in [7, 11) is 6.00. The fourth-order valence-corrected chi connectivity index (χ4v) is 3.83. The lowest BCUT2D eigenvalue weighted by Crippen LogP contribution is -2.49. The average molecular weight is 462 g/mol. The molecule has 0 aromatic heterocycles. The van der Waals surface area contributed by atoms with Crippen LogP contribution >= 0.6 is 0 Å². The van der Waals surface area contributed by atoms with Crippen molar-refractivity contribution in [3.63, 3.8) is 0 Å². The van der Waals surface area contributed by atoms with E-state index in [-0.39, 0.29) is 5.91 Å². The van der Waals surface area contributed by atoms with Crippen LogP contribution in [0.5, 0.6) is 0 Å². The van der Waals surface area contributed by atoms with Crippen LogP contribution in [0.3, 0.4) is 0 Å². The molecular weight excluding hydrogens is 426 g/mol. The highest BCUT2D eigenvalue weighted by Crippen LogP contribution is 2.22. The highest BCUT2D eigenvalue weighted by atomic mass is 16.2. The Bertz CT molecular complexity index is 1050. The highest BCUT2D eigenvalue weighted by Gasteiger charge is 2.19. The largest absolute Gasteiger partial charge is 0.388 e. The van der Waals surface area contributed by atoms with Crippen molar-refractivity contribution in [2.75, 3.05) is 77.6 Å². The Kier molecular flexibility index (Phi) is 9.05. The van der Waals surface area contributed by atoms with Crippen LogP contribution in [-0.4, -0.2) is 93.4 Å². The monoisotopic (exact) mass is 461 g/mol. The van der Waals surface area contributed by atoms with E-state index >= 15 is 0 Å². The molecule has 0 saturated carbocycles. The van der Waals surface area contributed by atoms with Gasteiger partial charge in [-0.2, -0.15) is 0 Å². The van der Waals surface area contributed by atoms with E-state index in [0.717, 1.165) is 50.5 Å². The summed E-state index contributed by atoms with van der Waals surface area (Å²) in [5, 5.41) is 6.13. The molecule has 2 aromatic rings. The Morgan fingerprint density at radius 3 is 2.56 bits per heavy atom. The number of carbonyl (C=O) groups excluding carboxylic acids is 1.